The molecule has 0 aromatic heterocycles. The normalized spacial score (nSPS) is 29.8. The predicted octanol–water partition coefficient (Wildman–Crippen LogP) is 8.58. The van der Waals surface area contributed by atoms with Crippen LogP contribution in [0.2, 0.25) is 15.1 Å². The highest BCUT2D eigenvalue weighted by Crippen LogP contribution is 2.59. The van der Waals surface area contributed by atoms with Crippen LogP contribution in [0.4, 0.5) is 0 Å². The molecule has 0 N–H and O–H groups in total. The van der Waals surface area contributed by atoms with Crippen molar-refractivity contribution in [1.82, 2.24) is 0 Å². The molecule has 1 heterocycles. The summed E-state index contributed by atoms with van der Waals surface area (Å²) >= 11 is 0. The van der Waals surface area contributed by atoms with E-state index < -0.39 is 25.7 Å². The molecule has 0 amide bonds. The highest BCUT2D eigenvalue weighted by atomic mass is 28.5. The Balaban J connectivity index is 4.09. The lowest BCUT2D eigenvalue weighted by molar-refractivity contribution is 0.000660. The van der Waals surface area contributed by atoms with Gasteiger partial charge in [-0.15, -0.1) is 0 Å². The van der Waals surface area contributed by atoms with E-state index in [1.54, 1.807) is 0 Å². The van der Waals surface area contributed by atoms with E-state index >= 15 is 0 Å². The summed E-state index contributed by atoms with van der Waals surface area (Å²) in [4.78, 5) is 0. The molecule has 3 unspecified atom stereocenters. The van der Waals surface area contributed by atoms with Crippen LogP contribution < -0.4 is 0 Å². The first-order chi connectivity index (χ1) is 17.4. The molecule has 1 saturated heterocycles. The zero-order valence-corrected chi connectivity index (χ0v) is 32.0. The Hall–Kier alpha value is 0.411. The molecule has 0 aliphatic carbocycles. The van der Waals surface area contributed by atoms with Gasteiger partial charge < -0.3 is 26.6 Å². The molecule has 6 nitrogen and oxygen atoms in total. The Morgan fingerprint density at radius 3 is 0.718 bits per heavy atom. The largest absolute Gasteiger partial charge is 0.412 e. The van der Waals surface area contributed by atoms with Crippen molar-refractivity contribution in [2.75, 3.05) is 19.8 Å². The van der Waals surface area contributed by atoms with Gasteiger partial charge in [-0.3, -0.25) is 0 Å². The average molecular weight is 607 g/mol. The van der Waals surface area contributed by atoms with Gasteiger partial charge in [0.15, 0.2) is 0 Å². The van der Waals surface area contributed by atoms with Crippen molar-refractivity contribution in [2.24, 2.45) is 17.8 Å². The van der Waals surface area contributed by atoms with Crippen LogP contribution in [0, 0.1) is 17.8 Å². The van der Waals surface area contributed by atoms with Gasteiger partial charge in [-0.1, -0.05) is 104 Å². The fourth-order valence-corrected chi connectivity index (χ4v) is 28.3. The highest BCUT2D eigenvalue weighted by molar-refractivity contribution is 6.98. The van der Waals surface area contributed by atoms with E-state index in [4.69, 9.17) is 26.6 Å². The van der Waals surface area contributed by atoms with Gasteiger partial charge in [0.05, 0.1) is 17.2 Å². The van der Waals surface area contributed by atoms with Crippen molar-refractivity contribution in [3.05, 3.63) is 0 Å². The van der Waals surface area contributed by atoms with E-state index in [0.717, 1.165) is 0 Å². The van der Waals surface area contributed by atoms with E-state index in [1.165, 1.54) is 0 Å². The highest BCUT2D eigenvalue weighted by Gasteiger charge is 2.76. The Morgan fingerprint density at radius 1 is 0.410 bits per heavy atom. The molecule has 0 aromatic carbocycles. The number of ether oxygens (including phenoxy) is 3. The molecular weight excluding hydrogens is 541 g/mol. The maximum Gasteiger partial charge on any atom is 0.355 e. The van der Waals surface area contributed by atoms with Crippen molar-refractivity contribution in [1.29, 1.82) is 0 Å². The molecule has 1 fully saturated rings. The molecule has 0 bridgehead atoms. The van der Waals surface area contributed by atoms with Gasteiger partial charge in [0.1, 0.15) is 0 Å². The SMILES string of the molecule is CC(C)COC(C)[Si]1(C(C)(C)C)O[Si](C(C)OCC(C)C)(C(C)(C)C)O[Si](C(C)OCC(C)C)(C(C)(C)C)O1. The van der Waals surface area contributed by atoms with E-state index in [1.807, 2.05) is 0 Å². The molecular formula is C30H66O6Si3. The van der Waals surface area contributed by atoms with Crippen LogP contribution in [0.25, 0.3) is 0 Å². The topological polar surface area (TPSA) is 55.4 Å². The van der Waals surface area contributed by atoms with E-state index in [0.29, 0.717) is 37.6 Å². The minimum atomic E-state index is -3.17. The smallest absolute Gasteiger partial charge is 0.355 e. The van der Waals surface area contributed by atoms with Gasteiger partial charge >= 0.3 is 25.7 Å². The quantitative estimate of drug-likeness (QED) is 0.207. The summed E-state index contributed by atoms with van der Waals surface area (Å²) < 4.78 is 43.0. The van der Waals surface area contributed by atoms with Gasteiger partial charge in [0, 0.05) is 34.9 Å². The molecule has 3 atom stereocenters. The molecule has 1 rings (SSSR count). The van der Waals surface area contributed by atoms with Gasteiger partial charge in [0.25, 0.3) is 0 Å². The first-order valence-electron chi connectivity index (χ1n) is 15.3. The second-order valence-corrected chi connectivity index (χ2v) is 29.6. The lowest BCUT2D eigenvalue weighted by atomic mass is 10.2. The third-order valence-electron chi connectivity index (χ3n) is 7.69. The minimum absolute atomic E-state index is 0.193. The third-order valence-corrected chi connectivity index (χ3v) is 25.0. The summed E-state index contributed by atoms with van der Waals surface area (Å²) in [5, 5.41) is -0.846. The molecule has 1 aliphatic heterocycles. The summed E-state index contributed by atoms with van der Waals surface area (Å²) in [5.74, 6) is 1.23. The lowest BCUT2D eigenvalue weighted by Crippen LogP contribution is -2.84. The van der Waals surface area contributed by atoms with Gasteiger partial charge in [-0.2, -0.15) is 0 Å². The summed E-state index contributed by atoms with van der Waals surface area (Å²) in [6.45, 7) is 42.0. The summed E-state index contributed by atoms with van der Waals surface area (Å²) in [6.07, 6.45) is 0. The van der Waals surface area contributed by atoms with Crippen molar-refractivity contribution in [2.45, 2.75) is 157 Å². The number of hydrogen-bond donors (Lipinski definition) is 0. The Labute approximate surface area is 246 Å². The number of hydrogen-bond acceptors (Lipinski definition) is 6. The Bertz CT molecular complexity index is 645. The van der Waals surface area contributed by atoms with Crippen LogP contribution in [-0.2, 0) is 26.6 Å². The van der Waals surface area contributed by atoms with Crippen LogP contribution >= 0.6 is 0 Å². The third kappa shape index (κ3) is 8.28. The Morgan fingerprint density at radius 2 is 0.590 bits per heavy atom. The fourth-order valence-electron chi connectivity index (χ4n) is 5.32. The van der Waals surface area contributed by atoms with Crippen molar-refractivity contribution in [3.63, 3.8) is 0 Å². The van der Waals surface area contributed by atoms with Crippen LogP contribution in [0.3, 0.4) is 0 Å². The van der Waals surface area contributed by atoms with Crippen molar-refractivity contribution in [3.8, 4) is 0 Å². The summed E-state index contributed by atoms with van der Waals surface area (Å²) in [5.41, 5.74) is -0.578. The molecule has 39 heavy (non-hydrogen) atoms. The van der Waals surface area contributed by atoms with E-state index in [-0.39, 0.29) is 32.3 Å². The van der Waals surface area contributed by atoms with Crippen LogP contribution in [0.15, 0.2) is 0 Å². The van der Waals surface area contributed by atoms with E-state index in [9.17, 15) is 0 Å². The maximum absolute atomic E-state index is 7.67. The van der Waals surface area contributed by atoms with Crippen molar-refractivity contribution >= 4 is 25.7 Å². The monoisotopic (exact) mass is 606 g/mol. The maximum atomic E-state index is 7.67. The molecule has 0 saturated carbocycles. The van der Waals surface area contributed by atoms with E-state index in [2.05, 4.69) is 125 Å². The fraction of sp³-hybridized carbons (Fsp3) is 1.00. The molecule has 0 aromatic rings. The molecule has 234 valence electrons. The van der Waals surface area contributed by atoms with Gasteiger partial charge in [0.2, 0.25) is 0 Å². The Kier molecular flexibility index (Phi) is 12.8. The van der Waals surface area contributed by atoms with Crippen LogP contribution in [0.1, 0.15) is 125 Å². The first kappa shape index (κ1) is 37.4. The van der Waals surface area contributed by atoms with Gasteiger partial charge in [-0.05, 0) is 38.5 Å². The molecule has 0 radical (unpaired) electrons. The summed E-state index contributed by atoms with van der Waals surface area (Å²) in [7, 11) is -9.50. The lowest BCUT2D eigenvalue weighted by Gasteiger charge is -2.65. The second-order valence-electron chi connectivity index (χ2n) is 16.2. The zero-order valence-electron chi connectivity index (χ0n) is 29.0. The van der Waals surface area contributed by atoms with Crippen LogP contribution in [0.5, 0.6) is 0 Å². The minimum Gasteiger partial charge on any atom is -0.412 e. The zero-order chi connectivity index (χ0) is 30.8. The number of rotatable bonds is 12. The molecule has 9 heteroatoms. The second kappa shape index (κ2) is 13.4. The predicted molar refractivity (Wildman–Crippen MR) is 170 cm³/mol. The average Bonchev–Trinajstić information content (AvgIpc) is 2.76. The summed E-state index contributed by atoms with van der Waals surface area (Å²) in [6, 6.07) is 0. The standard InChI is InChI=1S/C30H66O6Si3/c1-22(2)19-31-25(7)37(28(10,11)12)34-38(29(13,14)15,26(8)32-20-23(3)4)36-39(35-37,30(16,17)18)27(9)33-21-24(5)6/h22-27H,19-21H2,1-18H3. The molecule has 0 spiro atoms. The van der Waals surface area contributed by atoms with Crippen molar-refractivity contribution < 1.29 is 26.6 Å². The van der Waals surface area contributed by atoms with Crippen LogP contribution in [-0.4, -0.2) is 62.7 Å². The van der Waals surface area contributed by atoms with Gasteiger partial charge in [-0.25, -0.2) is 0 Å². The first-order valence-corrected chi connectivity index (χ1v) is 21.0. The molecule has 1 aliphatic rings.